The predicted octanol–water partition coefficient (Wildman–Crippen LogP) is 4.42. The molecule has 0 spiro atoms. The second-order valence-corrected chi connectivity index (χ2v) is 9.24. The van der Waals surface area contributed by atoms with Crippen molar-refractivity contribution in [3.63, 3.8) is 0 Å². The minimum absolute atomic E-state index is 0.0796. The maximum absolute atomic E-state index is 12.9. The molecular weight excluding hydrogens is 418 g/mol. The molecular formula is C22H25N3O5S. The van der Waals surface area contributed by atoms with E-state index >= 15 is 0 Å². The van der Waals surface area contributed by atoms with Crippen molar-refractivity contribution in [2.45, 2.75) is 39.0 Å². The molecule has 0 bridgehead atoms. The highest BCUT2D eigenvalue weighted by molar-refractivity contribution is 7.17. The van der Waals surface area contributed by atoms with Gasteiger partial charge in [0.1, 0.15) is 10.7 Å². The number of fused-ring (bicyclic) bond motifs is 1. The molecule has 2 aromatic rings. The largest absolute Gasteiger partial charge is 0.465 e. The first kappa shape index (κ1) is 21.3. The second-order valence-electron chi connectivity index (χ2n) is 8.14. The number of nitrogens with one attached hydrogen (secondary N) is 1. The van der Waals surface area contributed by atoms with E-state index in [1.807, 2.05) is 4.90 Å². The number of piperidine rings is 1. The van der Waals surface area contributed by atoms with Gasteiger partial charge in [-0.15, -0.1) is 11.3 Å². The molecule has 164 valence electrons. The van der Waals surface area contributed by atoms with Gasteiger partial charge in [0, 0.05) is 29.6 Å². The molecule has 8 nitrogen and oxygen atoms in total. The molecule has 1 amide bonds. The van der Waals surface area contributed by atoms with Crippen LogP contribution in [0.15, 0.2) is 18.2 Å². The van der Waals surface area contributed by atoms with Crippen LogP contribution in [0.4, 0.5) is 16.4 Å². The average Bonchev–Trinajstić information content (AvgIpc) is 3.34. The number of thiophene rings is 1. The van der Waals surface area contributed by atoms with E-state index in [0.29, 0.717) is 22.2 Å². The van der Waals surface area contributed by atoms with E-state index in [9.17, 15) is 19.7 Å². The SMILES string of the molecule is COC(=O)c1c(NC(=O)c2ccc(N3CCC(C)CC3)c([N+](=O)[O-])c2)sc2c1CCC2. The van der Waals surface area contributed by atoms with E-state index in [0.717, 1.165) is 55.6 Å². The topological polar surface area (TPSA) is 102 Å². The van der Waals surface area contributed by atoms with Gasteiger partial charge in [0.25, 0.3) is 11.6 Å². The number of nitro groups is 1. The van der Waals surface area contributed by atoms with Gasteiger partial charge < -0.3 is 15.0 Å². The van der Waals surface area contributed by atoms with Crippen LogP contribution in [0.25, 0.3) is 0 Å². The van der Waals surface area contributed by atoms with E-state index in [1.54, 1.807) is 12.1 Å². The maximum Gasteiger partial charge on any atom is 0.341 e. The fraction of sp³-hybridized carbons (Fsp3) is 0.455. The van der Waals surface area contributed by atoms with Crippen LogP contribution in [0, 0.1) is 16.0 Å². The molecule has 1 aromatic heterocycles. The first-order chi connectivity index (χ1) is 14.9. The van der Waals surface area contributed by atoms with Crippen LogP contribution in [0.1, 0.15) is 57.3 Å². The minimum atomic E-state index is -0.480. The summed E-state index contributed by atoms with van der Waals surface area (Å²) in [6.07, 6.45) is 4.59. The number of carbonyl (C=O) groups excluding carboxylic acids is 2. The summed E-state index contributed by atoms with van der Waals surface area (Å²) in [6, 6.07) is 4.58. The van der Waals surface area contributed by atoms with Crippen molar-refractivity contribution < 1.29 is 19.2 Å². The lowest BCUT2D eigenvalue weighted by Crippen LogP contribution is -2.33. The number of hydrogen-bond donors (Lipinski definition) is 1. The van der Waals surface area contributed by atoms with Crippen LogP contribution in [0.5, 0.6) is 0 Å². The predicted molar refractivity (Wildman–Crippen MR) is 119 cm³/mol. The number of esters is 1. The van der Waals surface area contributed by atoms with E-state index in [4.69, 9.17) is 4.74 Å². The normalized spacial score (nSPS) is 16.1. The molecule has 1 aliphatic carbocycles. The van der Waals surface area contributed by atoms with Crippen LogP contribution >= 0.6 is 11.3 Å². The Morgan fingerprint density at radius 1 is 1.26 bits per heavy atom. The van der Waals surface area contributed by atoms with Gasteiger partial charge in [0.05, 0.1) is 17.6 Å². The van der Waals surface area contributed by atoms with Crippen molar-refractivity contribution in [2.24, 2.45) is 5.92 Å². The summed E-state index contributed by atoms with van der Waals surface area (Å²) >= 11 is 1.38. The summed E-state index contributed by atoms with van der Waals surface area (Å²) in [5.41, 5.74) is 1.99. The molecule has 0 unspecified atom stereocenters. The molecule has 1 N–H and O–H groups in total. The number of benzene rings is 1. The Balaban J connectivity index is 1.61. The quantitative estimate of drug-likeness (QED) is 0.417. The van der Waals surface area contributed by atoms with Crippen molar-refractivity contribution in [3.8, 4) is 0 Å². The molecule has 2 heterocycles. The number of nitro benzene ring substituents is 1. The molecule has 9 heteroatoms. The third kappa shape index (κ3) is 4.14. The lowest BCUT2D eigenvalue weighted by molar-refractivity contribution is -0.384. The fourth-order valence-corrected chi connectivity index (χ4v) is 5.59. The van der Waals surface area contributed by atoms with Crippen molar-refractivity contribution >= 4 is 39.6 Å². The Labute approximate surface area is 184 Å². The number of hydrogen-bond acceptors (Lipinski definition) is 7. The molecule has 1 aromatic carbocycles. The van der Waals surface area contributed by atoms with Crippen LogP contribution in [-0.4, -0.2) is 37.0 Å². The van der Waals surface area contributed by atoms with Crippen molar-refractivity contribution in [1.29, 1.82) is 0 Å². The van der Waals surface area contributed by atoms with Crippen LogP contribution < -0.4 is 10.2 Å². The van der Waals surface area contributed by atoms with Gasteiger partial charge in [-0.05, 0) is 55.7 Å². The number of methoxy groups -OCH3 is 1. The number of nitrogens with zero attached hydrogens (tertiary/aromatic N) is 2. The smallest absolute Gasteiger partial charge is 0.341 e. The Bertz CT molecular complexity index is 1040. The van der Waals surface area contributed by atoms with Crippen molar-refractivity contribution in [2.75, 3.05) is 30.4 Å². The number of carbonyl (C=O) groups is 2. The number of anilines is 2. The van der Waals surface area contributed by atoms with Gasteiger partial charge in [0.2, 0.25) is 0 Å². The van der Waals surface area contributed by atoms with Gasteiger partial charge in [-0.2, -0.15) is 0 Å². The summed E-state index contributed by atoms with van der Waals surface area (Å²) < 4.78 is 4.91. The highest BCUT2D eigenvalue weighted by Gasteiger charge is 2.29. The molecule has 1 aliphatic heterocycles. The fourth-order valence-electron chi connectivity index (χ4n) is 4.31. The van der Waals surface area contributed by atoms with Gasteiger partial charge in [-0.25, -0.2) is 4.79 Å². The third-order valence-corrected chi connectivity index (χ3v) is 7.30. The maximum atomic E-state index is 12.9. The Kier molecular flexibility index (Phi) is 5.95. The zero-order chi connectivity index (χ0) is 22.1. The van der Waals surface area contributed by atoms with E-state index in [2.05, 4.69) is 12.2 Å². The summed E-state index contributed by atoms with van der Waals surface area (Å²) in [4.78, 5) is 39.6. The third-order valence-electron chi connectivity index (χ3n) is 6.10. The van der Waals surface area contributed by atoms with Crippen LogP contribution in [-0.2, 0) is 17.6 Å². The molecule has 0 saturated carbocycles. The average molecular weight is 444 g/mol. The number of amides is 1. The molecule has 31 heavy (non-hydrogen) atoms. The second kappa shape index (κ2) is 8.66. The van der Waals surface area contributed by atoms with Crippen molar-refractivity contribution in [1.82, 2.24) is 0 Å². The lowest BCUT2D eigenvalue weighted by Gasteiger charge is -2.31. The molecule has 0 radical (unpaired) electrons. The molecule has 2 aliphatic rings. The lowest BCUT2D eigenvalue weighted by atomic mass is 9.98. The van der Waals surface area contributed by atoms with E-state index in [1.165, 1.54) is 24.5 Å². The summed E-state index contributed by atoms with van der Waals surface area (Å²) in [5.74, 6) is -0.348. The zero-order valence-electron chi connectivity index (χ0n) is 17.6. The van der Waals surface area contributed by atoms with Gasteiger partial charge in [0.15, 0.2) is 0 Å². The van der Waals surface area contributed by atoms with Crippen molar-refractivity contribution in [3.05, 3.63) is 49.9 Å². The van der Waals surface area contributed by atoms with Gasteiger partial charge >= 0.3 is 5.97 Å². The Hall–Kier alpha value is -2.94. The zero-order valence-corrected chi connectivity index (χ0v) is 18.4. The molecule has 1 fully saturated rings. The Morgan fingerprint density at radius 2 is 2.00 bits per heavy atom. The number of rotatable bonds is 5. The van der Waals surface area contributed by atoms with E-state index < -0.39 is 16.8 Å². The summed E-state index contributed by atoms with van der Waals surface area (Å²) in [6.45, 7) is 3.70. The highest BCUT2D eigenvalue weighted by Crippen LogP contribution is 2.40. The molecule has 1 saturated heterocycles. The van der Waals surface area contributed by atoms with Gasteiger partial charge in [-0.3, -0.25) is 14.9 Å². The molecule has 4 rings (SSSR count). The van der Waals surface area contributed by atoms with Crippen LogP contribution in [0.2, 0.25) is 0 Å². The Morgan fingerprint density at radius 3 is 2.68 bits per heavy atom. The number of ether oxygens (including phenoxy) is 1. The monoisotopic (exact) mass is 443 g/mol. The first-order valence-electron chi connectivity index (χ1n) is 10.5. The summed E-state index contributed by atoms with van der Waals surface area (Å²) in [7, 11) is 1.32. The van der Waals surface area contributed by atoms with E-state index in [-0.39, 0.29) is 11.3 Å². The first-order valence-corrected chi connectivity index (χ1v) is 11.3. The molecule has 0 atom stereocenters. The van der Waals surface area contributed by atoms with Gasteiger partial charge in [-0.1, -0.05) is 6.92 Å². The summed E-state index contributed by atoms with van der Waals surface area (Å²) in [5, 5.41) is 15.0. The minimum Gasteiger partial charge on any atom is -0.465 e. The number of aryl methyl sites for hydroxylation is 1. The van der Waals surface area contributed by atoms with Crippen LogP contribution in [0.3, 0.4) is 0 Å². The standard InChI is InChI=1S/C22H25N3O5S/c1-13-8-10-24(11-9-13)16-7-6-14(12-17(16)25(28)29)20(26)23-21-19(22(27)30-2)15-4-3-5-18(15)31-21/h6-7,12-13H,3-5,8-11H2,1-2H3,(H,23,26). The highest BCUT2D eigenvalue weighted by atomic mass is 32.1.